The topological polar surface area (TPSA) is 85.1 Å². The molecule has 0 aliphatic carbocycles. The standard InChI is InChI=1S/C12H15N3O2S2/c1-8(2)11-7-18-12(14-11)15-19(16,17)10-5-3-9(13)4-6-10/h3-8H,13H2,1-2H3,(H,14,15). The molecule has 0 unspecified atom stereocenters. The van der Waals surface area contributed by atoms with Gasteiger partial charge in [0.25, 0.3) is 10.0 Å². The number of nitrogens with zero attached hydrogens (tertiary/aromatic N) is 1. The molecular weight excluding hydrogens is 282 g/mol. The van der Waals surface area contributed by atoms with Crippen molar-refractivity contribution in [2.75, 3.05) is 10.5 Å². The van der Waals surface area contributed by atoms with Crippen LogP contribution in [0.3, 0.4) is 0 Å². The number of anilines is 2. The van der Waals surface area contributed by atoms with Gasteiger partial charge in [-0.1, -0.05) is 13.8 Å². The smallest absolute Gasteiger partial charge is 0.263 e. The lowest BCUT2D eigenvalue weighted by Gasteiger charge is -2.05. The van der Waals surface area contributed by atoms with E-state index in [1.807, 2.05) is 19.2 Å². The van der Waals surface area contributed by atoms with E-state index >= 15 is 0 Å². The summed E-state index contributed by atoms with van der Waals surface area (Å²) in [6.07, 6.45) is 0. The van der Waals surface area contributed by atoms with Gasteiger partial charge in [-0.25, -0.2) is 13.4 Å². The van der Waals surface area contributed by atoms with E-state index in [2.05, 4.69) is 9.71 Å². The average Bonchev–Trinajstić information content (AvgIpc) is 2.77. The van der Waals surface area contributed by atoms with E-state index in [1.165, 1.54) is 23.5 Å². The Balaban J connectivity index is 2.23. The van der Waals surface area contributed by atoms with Crippen molar-refractivity contribution in [3.63, 3.8) is 0 Å². The van der Waals surface area contributed by atoms with E-state index < -0.39 is 10.0 Å². The largest absolute Gasteiger partial charge is 0.399 e. The number of benzene rings is 1. The van der Waals surface area contributed by atoms with Crippen LogP contribution in [0.15, 0.2) is 34.5 Å². The lowest BCUT2D eigenvalue weighted by Crippen LogP contribution is -2.12. The van der Waals surface area contributed by atoms with Gasteiger partial charge in [-0.3, -0.25) is 4.72 Å². The fourth-order valence-electron chi connectivity index (χ4n) is 1.42. The molecule has 0 saturated carbocycles. The molecule has 0 spiro atoms. The highest BCUT2D eigenvalue weighted by atomic mass is 32.2. The summed E-state index contributed by atoms with van der Waals surface area (Å²) in [7, 11) is -3.60. The Morgan fingerprint density at radius 1 is 1.26 bits per heavy atom. The molecule has 0 aliphatic heterocycles. The van der Waals surface area contributed by atoms with Gasteiger partial charge in [0.15, 0.2) is 5.13 Å². The number of sulfonamides is 1. The van der Waals surface area contributed by atoms with Crippen LogP contribution in [-0.2, 0) is 10.0 Å². The third-order valence-electron chi connectivity index (χ3n) is 2.53. The zero-order valence-electron chi connectivity index (χ0n) is 10.6. The van der Waals surface area contributed by atoms with Gasteiger partial charge < -0.3 is 5.73 Å². The lowest BCUT2D eigenvalue weighted by molar-refractivity contribution is 0.601. The fraction of sp³-hybridized carbons (Fsp3) is 0.250. The lowest BCUT2D eigenvalue weighted by atomic mass is 10.2. The molecule has 102 valence electrons. The van der Waals surface area contributed by atoms with Crippen molar-refractivity contribution in [3.05, 3.63) is 35.3 Å². The van der Waals surface area contributed by atoms with Crippen LogP contribution < -0.4 is 10.5 Å². The molecule has 5 nitrogen and oxygen atoms in total. The zero-order chi connectivity index (χ0) is 14.0. The van der Waals surface area contributed by atoms with Gasteiger partial charge in [-0.2, -0.15) is 0 Å². The molecule has 19 heavy (non-hydrogen) atoms. The summed E-state index contributed by atoms with van der Waals surface area (Å²) >= 11 is 1.28. The van der Waals surface area contributed by atoms with Crippen LogP contribution in [0.25, 0.3) is 0 Å². The molecule has 0 aliphatic rings. The number of thiazole rings is 1. The van der Waals surface area contributed by atoms with Gasteiger partial charge in [0.1, 0.15) is 0 Å². The molecule has 1 heterocycles. The van der Waals surface area contributed by atoms with Crippen molar-refractivity contribution in [2.24, 2.45) is 0 Å². The monoisotopic (exact) mass is 297 g/mol. The Morgan fingerprint density at radius 2 is 1.89 bits per heavy atom. The van der Waals surface area contributed by atoms with Crippen molar-refractivity contribution < 1.29 is 8.42 Å². The first kappa shape index (κ1) is 13.8. The first-order valence-corrected chi connectivity index (χ1v) is 8.08. The summed E-state index contributed by atoms with van der Waals surface area (Å²) in [5.41, 5.74) is 6.93. The molecule has 2 aromatic rings. The molecule has 0 fully saturated rings. The van der Waals surface area contributed by atoms with Crippen LogP contribution in [0.5, 0.6) is 0 Å². The van der Waals surface area contributed by atoms with Gasteiger partial charge in [0.2, 0.25) is 0 Å². The second kappa shape index (κ2) is 5.18. The molecule has 0 bridgehead atoms. The van der Waals surface area contributed by atoms with E-state index in [9.17, 15) is 8.42 Å². The summed E-state index contributed by atoms with van der Waals surface area (Å²) in [5.74, 6) is 0.269. The van der Waals surface area contributed by atoms with Gasteiger partial charge in [-0.05, 0) is 30.2 Å². The normalized spacial score (nSPS) is 11.7. The number of nitrogens with two attached hydrogens (primary N) is 1. The van der Waals surface area contributed by atoms with Crippen LogP contribution in [0.1, 0.15) is 25.5 Å². The molecule has 0 saturated heterocycles. The molecule has 1 aromatic carbocycles. The van der Waals surface area contributed by atoms with Crippen LogP contribution in [0, 0.1) is 0 Å². The summed E-state index contributed by atoms with van der Waals surface area (Å²) in [4.78, 5) is 4.41. The van der Waals surface area contributed by atoms with E-state index in [0.29, 0.717) is 10.8 Å². The van der Waals surface area contributed by atoms with E-state index in [4.69, 9.17) is 5.73 Å². The Hall–Kier alpha value is -1.60. The zero-order valence-corrected chi connectivity index (χ0v) is 12.3. The average molecular weight is 297 g/mol. The van der Waals surface area contributed by atoms with Gasteiger partial charge >= 0.3 is 0 Å². The summed E-state index contributed by atoms with van der Waals surface area (Å²) in [6, 6.07) is 6.04. The molecule has 0 radical (unpaired) electrons. The highest BCUT2D eigenvalue weighted by Crippen LogP contribution is 2.24. The third kappa shape index (κ3) is 3.24. The van der Waals surface area contributed by atoms with Gasteiger partial charge in [-0.15, -0.1) is 11.3 Å². The summed E-state index contributed by atoms with van der Waals surface area (Å²) < 4.78 is 26.7. The van der Waals surface area contributed by atoms with Crippen molar-refractivity contribution in [2.45, 2.75) is 24.7 Å². The Kier molecular flexibility index (Phi) is 3.77. The maximum Gasteiger partial charge on any atom is 0.263 e. The maximum absolute atomic E-state index is 12.1. The van der Waals surface area contributed by atoms with Crippen LogP contribution in [-0.4, -0.2) is 13.4 Å². The van der Waals surface area contributed by atoms with E-state index in [0.717, 1.165) is 5.69 Å². The number of aromatic nitrogens is 1. The number of hydrogen-bond acceptors (Lipinski definition) is 5. The number of hydrogen-bond donors (Lipinski definition) is 2. The molecule has 3 N–H and O–H groups in total. The Labute approximate surface area is 116 Å². The van der Waals surface area contributed by atoms with E-state index in [1.54, 1.807) is 12.1 Å². The molecule has 2 rings (SSSR count). The van der Waals surface area contributed by atoms with Crippen molar-refractivity contribution in [3.8, 4) is 0 Å². The maximum atomic E-state index is 12.1. The Bertz CT molecular complexity index is 661. The van der Waals surface area contributed by atoms with Crippen LogP contribution >= 0.6 is 11.3 Å². The Morgan fingerprint density at radius 3 is 2.42 bits per heavy atom. The SMILES string of the molecule is CC(C)c1csc(NS(=O)(=O)c2ccc(N)cc2)n1. The highest BCUT2D eigenvalue weighted by Gasteiger charge is 2.16. The minimum absolute atomic E-state index is 0.169. The number of rotatable bonds is 4. The quantitative estimate of drug-likeness (QED) is 0.850. The van der Waals surface area contributed by atoms with Crippen molar-refractivity contribution in [1.29, 1.82) is 0 Å². The fourth-order valence-corrected chi connectivity index (χ4v) is 3.54. The number of nitrogens with one attached hydrogen (secondary N) is 1. The molecule has 0 atom stereocenters. The van der Waals surface area contributed by atoms with Crippen LogP contribution in [0.2, 0.25) is 0 Å². The van der Waals surface area contributed by atoms with Crippen LogP contribution in [0.4, 0.5) is 10.8 Å². The molecular formula is C12H15N3O2S2. The first-order valence-electron chi connectivity index (χ1n) is 5.72. The molecule has 1 aromatic heterocycles. The minimum Gasteiger partial charge on any atom is -0.399 e. The predicted molar refractivity (Wildman–Crippen MR) is 77.9 cm³/mol. The highest BCUT2D eigenvalue weighted by molar-refractivity contribution is 7.93. The molecule has 0 amide bonds. The second-order valence-electron chi connectivity index (χ2n) is 4.41. The van der Waals surface area contributed by atoms with Gasteiger partial charge in [0.05, 0.1) is 10.6 Å². The van der Waals surface area contributed by atoms with Gasteiger partial charge in [0, 0.05) is 11.1 Å². The van der Waals surface area contributed by atoms with E-state index in [-0.39, 0.29) is 10.8 Å². The van der Waals surface area contributed by atoms with Crippen molar-refractivity contribution >= 4 is 32.2 Å². The summed E-state index contributed by atoms with van der Waals surface area (Å²) in [6.45, 7) is 4.01. The molecule has 7 heteroatoms. The van der Waals surface area contributed by atoms with Crippen molar-refractivity contribution in [1.82, 2.24) is 4.98 Å². The minimum atomic E-state index is -3.60. The second-order valence-corrected chi connectivity index (χ2v) is 6.95. The summed E-state index contributed by atoms with van der Waals surface area (Å²) in [5, 5.41) is 2.23. The third-order valence-corrected chi connectivity index (χ3v) is 4.79. The predicted octanol–water partition coefficient (Wildman–Crippen LogP) is 2.65. The first-order chi connectivity index (χ1) is 8.88. The number of nitrogen functional groups attached to an aromatic ring is 1.